The van der Waals surface area contributed by atoms with E-state index in [1.165, 1.54) is 22.9 Å². The lowest BCUT2D eigenvalue weighted by molar-refractivity contribution is -0.133. The molecule has 1 amide bonds. The number of hydrogen-bond acceptors (Lipinski definition) is 9. The van der Waals surface area contributed by atoms with Gasteiger partial charge in [0.15, 0.2) is 21.9 Å². The first kappa shape index (κ1) is 24.0. The molecule has 0 aromatic carbocycles. The molecule has 0 unspecified atom stereocenters. The zero-order valence-corrected chi connectivity index (χ0v) is 20.4. The number of imidazole rings is 1. The maximum atomic E-state index is 13.3. The second-order valence-corrected chi connectivity index (χ2v) is 11.7. The third kappa shape index (κ3) is 4.60. The number of hydrogen-bond donors (Lipinski definition) is 2. The molecule has 11 nitrogen and oxygen atoms in total. The van der Waals surface area contributed by atoms with Gasteiger partial charge in [-0.2, -0.15) is 0 Å². The van der Waals surface area contributed by atoms with Crippen LogP contribution in [-0.4, -0.2) is 64.7 Å². The number of pyridine rings is 1. The fourth-order valence-electron chi connectivity index (χ4n) is 4.00. The summed E-state index contributed by atoms with van der Waals surface area (Å²) in [6, 6.07) is 1.51. The van der Waals surface area contributed by atoms with Crippen molar-refractivity contribution in [3.63, 3.8) is 0 Å². The Morgan fingerprint density at radius 2 is 2.09 bits per heavy atom. The van der Waals surface area contributed by atoms with Crippen molar-refractivity contribution < 1.29 is 26.7 Å². The average molecular weight is 528 g/mol. The second-order valence-electron chi connectivity index (χ2n) is 9.05. The highest BCUT2D eigenvalue weighted by Gasteiger charge is 2.42. The number of alkyl halides is 2. The molecule has 2 atom stereocenters. The zero-order chi connectivity index (χ0) is 25.1. The number of anilines is 1. The third-order valence-electron chi connectivity index (χ3n) is 6.02. The molecule has 15 heteroatoms. The summed E-state index contributed by atoms with van der Waals surface area (Å²) in [6.45, 7) is 4.08. The van der Waals surface area contributed by atoms with Crippen molar-refractivity contribution in [2.24, 2.45) is 5.73 Å². The van der Waals surface area contributed by atoms with Crippen molar-refractivity contribution in [1.82, 2.24) is 24.3 Å². The summed E-state index contributed by atoms with van der Waals surface area (Å²) in [4.78, 5) is 18.0. The Labute approximate surface area is 203 Å². The molecule has 1 aliphatic heterocycles. The lowest BCUT2D eigenvalue weighted by atomic mass is 10.2. The van der Waals surface area contributed by atoms with E-state index in [1.54, 1.807) is 6.92 Å². The zero-order valence-electron chi connectivity index (χ0n) is 18.8. The van der Waals surface area contributed by atoms with Crippen LogP contribution >= 0.6 is 11.3 Å². The van der Waals surface area contributed by atoms with E-state index in [4.69, 9.17) is 10.5 Å². The van der Waals surface area contributed by atoms with Gasteiger partial charge in [-0.15, -0.1) is 10.2 Å². The number of nitrogens with one attached hydrogen (secondary N) is 1. The van der Waals surface area contributed by atoms with Gasteiger partial charge in [-0.3, -0.25) is 9.20 Å². The minimum Gasteiger partial charge on any atom is -0.367 e. The van der Waals surface area contributed by atoms with Crippen LogP contribution in [0.5, 0.6) is 0 Å². The van der Waals surface area contributed by atoms with E-state index in [0.717, 1.165) is 12.8 Å². The normalized spacial score (nSPS) is 22.1. The van der Waals surface area contributed by atoms with Crippen LogP contribution < -0.4 is 15.4 Å². The molecule has 0 bridgehead atoms. The largest absolute Gasteiger partial charge is 0.367 e. The molecule has 5 rings (SSSR count). The van der Waals surface area contributed by atoms with Crippen LogP contribution in [-0.2, 0) is 19.6 Å². The van der Waals surface area contributed by atoms with Crippen molar-refractivity contribution in [3.05, 3.63) is 23.5 Å². The van der Waals surface area contributed by atoms with E-state index in [-0.39, 0.29) is 28.4 Å². The molecule has 2 fully saturated rings. The molecule has 3 aromatic heterocycles. The van der Waals surface area contributed by atoms with Gasteiger partial charge in [0.1, 0.15) is 4.90 Å². The van der Waals surface area contributed by atoms with E-state index >= 15 is 0 Å². The number of carbonyl (C=O) groups excluding carboxylic acids is 1. The lowest BCUT2D eigenvalue weighted by Gasteiger charge is -2.37. The van der Waals surface area contributed by atoms with Crippen LogP contribution in [0.15, 0.2) is 23.4 Å². The average Bonchev–Trinajstić information content (AvgIpc) is 3.17. The molecule has 3 aromatic rings. The Balaban J connectivity index is 1.66. The van der Waals surface area contributed by atoms with Gasteiger partial charge in [0.05, 0.1) is 30.0 Å². The summed E-state index contributed by atoms with van der Waals surface area (Å²) in [5.41, 5.74) is 5.95. The summed E-state index contributed by atoms with van der Waals surface area (Å²) in [7, 11) is -3.94. The van der Waals surface area contributed by atoms with Gasteiger partial charge < -0.3 is 15.4 Å². The minimum absolute atomic E-state index is 0.0410. The van der Waals surface area contributed by atoms with Crippen molar-refractivity contribution >= 4 is 38.5 Å². The number of carbonyl (C=O) groups is 1. The number of fused-ring (bicyclic) bond motifs is 1. The smallest absolute Gasteiger partial charge is 0.291 e. The Kier molecular flexibility index (Phi) is 5.77. The van der Waals surface area contributed by atoms with Gasteiger partial charge >= 0.3 is 0 Å². The number of halogens is 2. The first-order valence-electron chi connectivity index (χ1n) is 10.8. The van der Waals surface area contributed by atoms with Crippen LogP contribution in [0.3, 0.4) is 0 Å². The van der Waals surface area contributed by atoms with Crippen LogP contribution in [0.25, 0.3) is 16.3 Å². The number of rotatable bonds is 7. The van der Waals surface area contributed by atoms with Crippen molar-refractivity contribution in [2.75, 3.05) is 18.0 Å². The number of aromatic nitrogens is 4. The van der Waals surface area contributed by atoms with Crippen molar-refractivity contribution in [2.45, 2.75) is 55.8 Å². The van der Waals surface area contributed by atoms with Gasteiger partial charge in [-0.25, -0.2) is 26.9 Å². The highest BCUT2D eigenvalue weighted by atomic mass is 32.2. The van der Waals surface area contributed by atoms with E-state index in [2.05, 4.69) is 19.9 Å². The summed E-state index contributed by atoms with van der Waals surface area (Å²) in [5.74, 6) is -0.458. The molecule has 4 heterocycles. The van der Waals surface area contributed by atoms with E-state index < -0.39 is 39.0 Å². The lowest BCUT2D eigenvalue weighted by Crippen LogP contribution is -2.51. The van der Waals surface area contributed by atoms with Crippen LogP contribution in [0.4, 0.5) is 14.5 Å². The van der Waals surface area contributed by atoms with Crippen LogP contribution in [0, 0.1) is 0 Å². The maximum absolute atomic E-state index is 13.3. The van der Waals surface area contributed by atoms with Gasteiger partial charge in [-0.05, 0) is 32.8 Å². The Bertz CT molecular complexity index is 1400. The number of morpholine rings is 1. The number of nitrogens with two attached hydrogens (primary N) is 1. The molecule has 188 valence electrons. The Morgan fingerprint density at radius 1 is 1.34 bits per heavy atom. The topological polar surface area (TPSA) is 145 Å². The highest BCUT2D eigenvalue weighted by molar-refractivity contribution is 7.89. The Morgan fingerprint density at radius 3 is 2.71 bits per heavy atom. The van der Waals surface area contributed by atoms with E-state index in [1.807, 2.05) is 11.8 Å². The summed E-state index contributed by atoms with van der Waals surface area (Å²) in [6.07, 6.45) is 0.294. The highest BCUT2D eigenvalue weighted by Crippen LogP contribution is 2.38. The van der Waals surface area contributed by atoms with E-state index in [9.17, 15) is 22.0 Å². The van der Waals surface area contributed by atoms with Crippen molar-refractivity contribution in [3.8, 4) is 10.8 Å². The van der Waals surface area contributed by atoms with Gasteiger partial charge in [0.25, 0.3) is 6.43 Å². The molecule has 35 heavy (non-hydrogen) atoms. The van der Waals surface area contributed by atoms with Crippen LogP contribution in [0.1, 0.15) is 38.1 Å². The predicted octanol–water partition coefficient (Wildman–Crippen LogP) is 1.70. The molecule has 0 spiro atoms. The second kappa shape index (κ2) is 8.43. The fourth-order valence-corrected chi connectivity index (χ4v) is 6.18. The molecule has 3 N–H and O–H groups in total. The molecule has 2 aliphatic rings. The molecule has 1 saturated carbocycles. The molecular formula is C20H23F2N7O4S2. The SMILES string of the molecule is C[C@H]1CN(c2cc(S(=O)(=O)NC3(C)CC3)cn3c(-c4nnc(C(F)F)s4)ncc23)C[C@@H](C(N)=O)O1. The molecule has 0 radical (unpaired) electrons. The number of sulfonamides is 1. The van der Waals surface area contributed by atoms with Crippen LogP contribution in [0.2, 0.25) is 0 Å². The first-order chi connectivity index (χ1) is 16.5. The van der Waals surface area contributed by atoms with Gasteiger partial charge in [0.2, 0.25) is 15.9 Å². The number of ether oxygens (including phenoxy) is 1. The molecular weight excluding hydrogens is 504 g/mol. The fraction of sp³-hybridized carbons (Fsp3) is 0.500. The minimum atomic E-state index is -3.94. The number of nitrogens with zero attached hydrogens (tertiary/aromatic N) is 5. The monoisotopic (exact) mass is 527 g/mol. The predicted molar refractivity (Wildman–Crippen MR) is 123 cm³/mol. The van der Waals surface area contributed by atoms with E-state index in [0.29, 0.717) is 29.1 Å². The first-order valence-corrected chi connectivity index (χ1v) is 13.1. The Hall–Kier alpha value is -2.75. The summed E-state index contributed by atoms with van der Waals surface area (Å²) < 4.78 is 62.6. The van der Waals surface area contributed by atoms with Gasteiger partial charge in [0, 0.05) is 18.3 Å². The van der Waals surface area contributed by atoms with Crippen molar-refractivity contribution in [1.29, 1.82) is 0 Å². The molecule has 1 saturated heterocycles. The quantitative estimate of drug-likeness (QED) is 0.472. The third-order valence-corrected chi connectivity index (χ3v) is 8.55. The summed E-state index contributed by atoms with van der Waals surface area (Å²) >= 11 is 0.678. The number of primary amides is 1. The van der Waals surface area contributed by atoms with Gasteiger partial charge in [-0.1, -0.05) is 11.3 Å². The maximum Gasteiger partial charge on any atom is 0.291 e. The standard InChI is InChI=1S/C20H23F2N7O4S2/c1-10-7-28(9-14(33-10)16(23)30)12-5-11(35(31,32)27-20(2)3-4-20)8-29-13(12)6-24-17(29)19-26-25-18(34-19)15(21)22/h5-6,8,10,14-15,27H,3-4,7,9H2,1-2H3,(H2,23,30)/t10-,14-/m0/s1. The molecule has 1 aliphatic carbocycles. The summed E-state index contributed by atoms with van der Waals surface area (Å²) in [5, 5.41) is 7.00. The number of amides is 1.